The van der Waals surface area contributed by atoms with Gasteiger partial charge in [-0.3, -0.25) is 4.99 Å². The summed E-state index contributed by atoms with van der Waals surface area (Å²) in [7, 11) is 1.83. The van der Waals surface area contributed by atoms with E-state index in [-0.39, 0.29) is 5.92 Å². The summed E-state index contributed by atoms with van der Waals surface area (Å²) >= 11 is 1.90. The number of benzene rings is 6. The molecule has 3 nitrogen and oxygen atoms in total. The first-order valence-electron chi connectivity index (χ1n) is 18.8. The molecule has 0 fully saturated rings. The van der Waals surface area contributed by atoms with Gasteiger partial charge in [0.05, 0.1) is 0 Å². The molecular weight excluding hydrogens is 677 g/mol. The van der Waals surface area contributed by atoms with Crippen molar-refractivity contribution in [2.45, 2.75) is 39.2 Å². The van der Waals surface area contributed by atoms with Crippen LogP contribution in [0.15, 0.2) is 167 Å². The minimum Gasteiger partial charge on any atom is -0.460 e. The van der Waals surface area contributed by atoms with Crippen molar-refractivity contribution in [3.63, 3.8) is 0 Å². The van der Waals surface area contributed by atoms with Gasteiger partial charge in [0.2, 0.25) is 0 Å². The molecule has 0 amide bonds. The van der Waals surface area contributed by atoms with Crippen LogP contribution in [-0.4, -0.2) is 12.8 Å². The minimum atomic E-state index is 0.220. The lowest BCUT2D eigenvalue weighted by molar-refractivity contribution is 0.518. The second kappa shape index (κ2) is 16.0. The van der Waals surface area contributed by atoms with Gasteiger partial charge in [0.15, 0.2) is 0 Å². The van der Waals surface area contributed by atoms with Crippen molar-refractivity contribution in [1.82, 2.24) is 5.32 Å². The number of nitrogens with one attached hydrogen (secondary N) is 1. The zero-order valence-corrected chi connectivity index (χ0v) is 31.9. The Morgan fingerprint density at radius 3 is 2.35 bits per heavy atom. The Morgan fingerprint density at radius 1 is 0.796 bits per heavy atom. The summed E-state index contributed by atoms with van der Waals surface area (Å²) < 4.78 is 9.39. The van der Waals surface area contributed by atoms with Gasteiger partial charge in [0.25, 0.3) is 0 Å². The highest BCUT2D eigenvalue weighted by Gasteiger charge is 2.27. The fourth-order valence-electron chi connectivity index (χ4n) is 7.56. The van der Waals surface area contributed by atoms with Crippen molar-refractivity contribution in [2.24, 2.45) is 4.99 Å². The van der Waals surface area contributed by atoms with E-state index in [0.29, 0.717) is 0 Å². The lowest BCUT2D eigenvalue weighted by Crippen LogP contribution is -2.11. The topological polar surface area (TPSA) is 37.5 Å². The molecule has 0 bridgehead atoms. The fraction of sp³-hybridized carbons (Fsp3) is 0.140. The van der Waals surface area contributed by atoms with Crippen LogP contribution in [0.25, 0.3) is 54.0 Å². The van der Waals surface area contributed by atoms with Gasteiger partial charge in [-0.25, -0.2) is 0 Å². The molecule has 4 heteroatoms. The summed E-state index contributed by atoms with van der Waals surface area (Å²) in [5.74, 6) is 1.31. The van der Waals surface area contributed by atoms with Crippen LogP contribution < -0.4 is 5.32 Å². The highest BCUT2D eigenvalue weighted by Crippen LogP contribution is 2.45. The number of allylic oxidation sites excluding steroid dienone is 2. The Morgan fingerprint density at radius 2 is 1.54 bits per heavy atom. The van der Waals surface area contributed by atoms with Gasteiger partial charge in [-0.2, -0.15) is 0 Å². The van der Waals surface area contributed by atoms with Crippen molar-refractivity contribution in [3.05, 3.63) is 191 Å². The average molecular weight is 721 g/mol. The lowest BCUT2D eigenvalue weighted by Gasteiger charge is -2.18. The van der Waals surface area contributed by atoms with Gasteiger partial charge in [-0.15, -0.1) is 11.3 Å². The first-order valence-corrected chi connectivity index (χ1v) is 19.6. The molecule has 0 aliphatic heterocycles. The van der Waals surface area contributed by atoms with Crippen LogP contribution in [0.1, 0.15) is 66.2 Å². The first-order chi connectivity index (χ1) is 26.6. The number of furan rings is 1. The smallest absolute Gasteiger partial charge is 0.135 e. The van der Waals surface area contributed by atoms with E-state index in [9.17, 15) is 0 Å². The number of rotatable bonds is 8. The van der Waals surface area contributed by atoms with Crippen molar-refractivity contribution >= 4 is 60.0 Å². The van der Waals surface area contributed by atoms with Gasteiger partial charge in [0, 0.05) is 67.6 Å². The monoisotopic (exact) mass is 720 g/mol. The van der Waals surface area contributed by atoms with E-state index in [1.54, 1.807) is 0 Å². The molecule has 1 aliphatic rings. The number of fused-ring (bicyclic) bond motifs is 6. The van der Waals surface area contributed by atoms with Crippen molar-refractivity contribution in [2.75, 3.05) is 7.05 Å². The quantitative estimate of drug-likeness (QED) is 0.159. The van der Waals surface area contributed by atoms with Crippen LogP contribution in [-0.2, 0) is 6.54 Å². The minimum absolute atomic E-state index is 0.220. The van der Waals surface area contributed by atoms with Crippen molar-refractivity contribution in [3.8, 4) is 11.1 Å². The Kier molecular flexibility index (Phi) is 10.4. The van der Waals surface area contributed by atoms with E-state index in [0.717, 1.165) is 36.4 Å². The molecule has 0 radical (unpaired) electrons. The van der Waals surface area contributed by atoms with Crippen LogP contribution in [0.2, 0.25) is 0 Å². The molecule has 266 valence electrons. The number of aliphatic imine (C=N–C) groups is 1. The third kappa shape index (κ3) is 7.05. The molecule has 0 saturated carbocycles. The number of nitrogens with zero attached hydrogens (tertiary/aromatic N) is 1. The maximum absolute atomic E-state index is 6.67. The lowest BCUT2D eigenvalue weighted by atomic mass is 9.86. The van der Waals surface area contributed by atoms with E-state index < -0.39 is 0 Å². The maximum atomic E-state index is 6.67. The second-order valence-electron chi connectivity index (χ2n) is 13.7. The van der Waals surface area contributed by atoms with Gasteiger partial charge < -0.3 is 9.73 Å². The SMILES string of the molecule is CC/C=C(/NCc1ccc2c3c(oc2c1)C(c1cccc2c1sc1ccccc12)CC=C3)c1ccccc1.CN=C(C)c1ccccc1-c1ccccc1. The van der Waals surface area contributed by atoms with Crippen molar-refractivity contribution < 1.29 is 4.42 Å². The van der Waals surface area contributed by atoms with Crippen LogP contribution in [0, 0.1) is 0 Å². The standard InChI is InChI=1S/C35H29NOS.C15H15N/c1-2-10-31(24-11-4-3-5-12-24)36-22-23-19-20-25-27-14-8-15-28(34(27)37-32(25)21-23)30-17-9-16-29-26-13-6-7-18-33(26)38-35(29)30;1-12(16-2)14-10-6-7-11-15(14)13-8-4-3-5-9-13/h3-14,16-21,28,36H,2,15,22H2,1H3;3-11H,1-2H3/b31-10+;. The van der Waals surface area contributed by atoms with Crippen LogP contribution in [0.4, 0.5) is 0 Å². The summed E-state index contributed by atoms with van der Waals surface area (Å²) in [6.45, 7) is 4.97. The van der Waals surface area contributed by atoms with Gasteiger partial charge in [0.1, 0.15) is 11.3 Å². The van der Waals surface area contributed by atoms with E-state index in [1.165, 1.54) is 70.2 Å². The highest BCUT2D eigenvalue weighted by atomic mass is 32.1. The average Bonchev–Trinajstić information content (AvgIpc) is 3.81. The van der Waals surface area contributed by atoms with Gasteiger partial charge in [-0.05, 0) is 59.7 Å². The Balaban J connectivity index is 0.000000217. The van der Waals surface area contributed by atoms with Crippen LogP contribution >= 0.6 is 11.3 Å². The number of hydrogen-bond acceptors (Lipinski definition) is 4. The molecule has 0 spiro atoms. The third-order valence-electron chi connectivity index (χ3n) is 10.3. The summed E-state index contributed by atoms with van der Waals surface area (Å²) in [6.07, 6.45) is 8.76. The number of hydrogen-bond donors (Lipinski definition) is 1. The molecule has 1 aliphatic carbocycles. The van der Waals surface area contributed by atoms with Crippen LogP contribution in [0.3, 0.4) is 0 Å². The molecule has 54 heavy (non-hydrogen) atoms. The van der Waals surface area contributed by atoms with Crippen LogP contribution in [0.5, 0.6) is 0 Å². The van der Waals surface area contributed by atoms with Gasteiger partial charge in [-0.1, -0.05) is 159 Å². The molecule has 1 atom stereocenters. The Labute approximate surface area is 322 Å². The Bertz CT molecular complexity index is 2640. The first kappa shape index (κ1) is 35.1. The predicted molar refractivity (Wildman–Crippen MR) is 233 cm³/mol. The summed E-state index contributed by atoms with van der Waals surface area (Å²) in [6, 6.07) is 51.5. The second-order valence-corrected chi connectivity index (χ2v) is 14.7. The van der Waals surface area contributed by atoms with E-state index in [4.69, 9.17) is 4.42 Å². The summed E-state index contributed by atoms with van der Waals surface area (Å²) in [5, 5.41) is 7.54. The maximum Gasteiger partial charge on any atom is 0.135 e. The molecular formula is C50H44N2OS. The Hall–Kier alpha value is -5.97. The summed E-state index contributed by atoms with van der Waals surface area (Å²) in [5.41, 5.74) is 11.9. The predicted octanol–water partition coefficient (Wildman–Crippen LogP) is 13.7. The molecule has 8 aromatic rings. The molecule has 0 saturated heterocycles. The molecule has 9 rings (SSSR count). The molecule has 1 N–H and O–H groups in total. The summed E-state index contributed by atoms with van der Waals surface area (Å²) in [4.78, 5) is 4.26. The third-order valence-corrected chi connectivity index (χ3v) is 11.6. The molecule has 2 aromatic heterocycles. The van der Waals surface area contributed by atoms with Gasteiger partial charge >= 0.3 is 0 Å². The van der Waals surface area contributed by atoms with E-state index >= 15 is 0 Å². The number of thiophene rings is 1. The zero-order chi connectivity index (χ0) is 36.9. The largest absolute Gasteiger partial charge is 0.460 e. The normalized spacial score (nSPS) is 14.2. The van der Waals surface area contributed by atoms with E-state index in [2.05, 4.69) is 175 Å². The highest BCUT2D eigenvalue weighted by molar-refractivity contribution is 7.26. The zero-order valence-electron chi connectivity index (χ0n) is 31.1. The van der Waals surface area contributed by atoms with Crippen molar-refractivity contribution in [1.29, 1.82) is 0 Å². The van der Waals surface area contributed by atoms with E-state index in [1.807, 2.05) is 31.4 Å². The fourth-order valence-corrected chi connectivity index (χ4v) is 8.83. The molecule has 2 heterocycles. The molecule has 6 aromatic carbocycles. The molecule has 1 unspecified atom stereocenters.